The van der Waals surface area contributed by atoms with E-state index in [0.717, 1.165) is 17.7 Å². The van der Waals surface area contributed by atoms with Gasteiger partial charge in [0.1, 0.15) is 0 Å². The largest absolute Gasteiger partial charge is 0.425 e. The quantitative estimate of drug-likeness (QED) is 0.141. The number of hydrogen-bond donors (Lipinski definition) is 4. The van der Waals surface area contributed by atoms with Gasteiger partial charge in [-0.05, 0) is 95.8 Å². The van der Waals surface area contributed by atoms with E-state index in [2.05, 4.69) is 0 Å². The van der Waals surface area contributed by atoms with Crippen LogP contribution in [0.3, 0.4) is 0 Å². The number of halogens is 6. The van der Waals surface area contributed by atoms with E-state index in [9.17, 15) is 26.3 Å². The average molecular weight is 615 g/mol. The van der Waals surface area contributed by atoms with Crippen molar-refractivity contribution in [3.8, 4) is 22.3 Å². The topological polar surface area (TPSA) is 155 Å². The van der Waals surface area contributed by atoms with Crippen LogP contribution in [0.4, 0.5) is 49.1 Å². The molecule has 0 saturated carbocycles. The van der Waals surface area contributed by atoms with Crippen molar-refractivity contribution < 1.29 is 40.4 Å². The summed E-state index contributed by atoms with van der Waals surface area (Å²) < 4.78 is 103. The van der Waals surface area contributed by atoms with Gasteiger partial charge >= 0.3 is 23.0 Å². The molecule has 4 aromatic carbocycles. The van der Waals surface area contributed by atoms with Gasteiger partial charge < -0.3 is 22.9 Å². The molecular weight excluding hydrogens is 586 g/mol. The maximum Gasteiger partial charge on any atom is 0.425 e. The molecule has 8 N–H and O–H groups in total. The van der Waals surface area contributed by atoms with Crippen LogP contribution in [0, 0.1) is 13.8 Å². The highest BCUT2D eigenvalue weighted by Crippen LogP contribution is 2.40. The molecule has 7 nitrogen and oxygen atoms in total. The predicted molar refractivity (Wildman–Crippen MR) is 153 cm³/mol. The van der Waals surface area contributed by atoms with Crippen molar-refractivity contribution in [3.05, 3.63) is 95.1 Å². The lowest BCUT2D eigenvalue weighted by Crippen LogP contribution is -2.08. The zero-order chi connectivity index (χ0) is 32.0. The Morgan fingerprint density at radius 1 is 0.548 bits per heavy atom. The Kier molecular flexibility index (Phi) is 10.6. The maximum absolute atomic E-state index is 13.0. The second kappa shape index (κ2) is 13.3. The molecule has 0 atom stereocenters. The van der Waals surface area contributed by atoms with E-state index in [0.29, 0.717) is 33.6 Å². The number of rotatable bonds is 2. The van der Waals surface area contributed by atoms with Crippen LogP contribution in [0.5, 0.6) is 0 Å². The van der Waals surface area contributed by atoms with Crippen molar-refractivity contribution in [1.29, 1.82) is 0 Å². The van der Waals surface area contributed by atoms with Crippen molar-refractivity contribution in [3.63, 3.8) is 0 Å². The Hall–Kier alpha value is -4.72. The van der Waals surface area contributed by atoms with E-state index in [1.54, 1.807) is 56.3 Å². The predicted octanol–water partition coefficient (Wildman–Crippen LogP) is 6.93. The molecule has 0 amide bonds. The molecule has 0 fully saturated rings. The highest BCUT2D eigenvalue weighted by Gasteiger charge is 2.34. The SMILES string of the molecule is Cc1cc(-c2ccc(N)c(C(F)(F)F)c2)ccc1N.Cc1cc(N)ccc1-c1ccc(N)cc1C(F)(F)F.O=S(=O)=O.[HH]. The lowest BCUT2D eigenvalue weighted by Gasteiger charge is -2.15. The van der Waals surface area contributed by atoms with Gasteiger partial charge in [0.05, 0.1) is 11.1 Å². The van der Waals surface area contributed by atoms with Crippen molar-refractivity contribution in [2.24, 2.45) is 0 Å². The Morgan fingerprint density at radius 3 is 1.48 bits per heavy atom. The Labute approximate surface area is 240 Å². The molecule has 42 heavy (non-hydrogen) atoms. The third-order valence-corrected chi connectivity index (χ3v) is 5.85. The van der Waals surface area contributed by atoms with E-state index < -0.39 is 34.1 Å². The minimum atomic E-state index is -4.46. The van der Waals surface area contributed by atoms with Crippen LogP contribution >= 0.6 is 0 Å². The first-order chi connectivity index (χ1) is 19.3. The Balaban J connectivity index is 0.000000375. The number of hydrogen-bond acceptors (Lipinski definition) is 7. The fourth-order valence-corrected chi connectivity index (χ4v) is 3.86. The summed E-state index contributed by atoms with van der Waals surface area (Å²) in [5.74, 6) is 0. The summed E-state index contributed by atoms with van der Waals surface area (Å²) in [6.45, 7) is 3.53. The van der Waals surface area contributed by atoms with Crippen LogP contribution in [0.25, 0.3) is 22.3 Å². The summed E-state index contributed by atoms with van der Waals surface area (Å²) in [5, 5.41) is 0. The minimum absolute atomic E-state index is 0. The molecule has 0 saturated heterocycles. The zero-order valence-electron chi connectivity index (χ0n) is 22.1. The van der Waals surface area contributed by atoms with Crippen molar-refractivity contribution >= 4 is 33.4 Å². The molecule has 226 valence electrons. The summed E-state index contributed by atoms with van der Waals surface area (Å²) in [7, 11) is -3.11. The molecule has 0 aliphatic carbocycles. The Bertz CT molecular complexity index is 1690. The van der Waals surface area contributed by atoms with Crippen molar-refractivity contribution in [2.75, 3.05) is 22.9 Å². The highest BCUT2D eigenvalue weighted by atomic mass is 32.2. The molecule has 0 bridgehead atoms. The third kappa shape index (κ3) is 9.16. The van der Waals surface area contributed by atoms with Crippen LogP contribution in [-0.2, 0) is 23.0 Å². The molecular formula is C28H28F6N4O3S. The van der Waals surface area contributed by atoms with E-state index in [-0.39, 0.29) is 18.4 Å². The number of nitrogens with two attached hydrogens (primary N) is 4. The van der Waals surface area contributed by atoms with Crippen molar-refractivity contribution in [2.45, 2.75) is 26.2 Å². The summed E-state index contributed by atoms with van der Waals surface area (Å²) >= 11 is 0. The number of anilines is 4. The molecule has 0 aliphatic heterocycles. The number of benzene rings is 4. The van der Waals surface area contributed by atoms with Gasteiger partial charge in [0, 0.05) is 24.2 Å². The molecule has 4 aromatic rings. The van der Waals surface area contributed by atoms with E-state index in [1.807, 2.05) is 0 Å². The standard InChI is InChI=1S/2C14H13F3N2.O3S.H2/c1-8-6-9(18)2-4-11(8)12-5-3-10(19)7-13(12)14(15,16)17;1-8-6-9(2-4-12(8)18)10-3-5-13(19)11(7-10)14(15,16)17;1-4(2)3;/h2*2-7H,18-19H2,1H3;;1H. The van der Waals surface area contributed by atoms with Crippen LogP contribution < -0.4 is 22.9 Å². The van der Waals surface area contributed by atoms with Crippen LogP contribution in [0.15, 0.2) is 72.8 Å². The molecule has 0 aromatic heterocycles. The molecule has 0 spiro atoms. The molecule has 14 heteroatoms. The molecule has 0 radical (unpaired) electrons. The smallest absolute Gasteiger partial charge is 0.399 e. The number of aryl methyl sites for hydroxylation is 2. The van der Waals surface area contributed by atoms with Gasteiger partial charge in [-0.15, -0.1) is 12.6 Å². The van der Waals surface area contributed by atoms with Crippen LogP contribution in [-0.4, -0.2) is 12.6 Å². The lowest BCUT2D eigenvalue weighted by molar-refractivity contribution is -0.137. The van der Waals surface area contributed by atoms with E-state index in [1.165, 1.54) is 18.2 Å². The first-order valence-electron chi connectivity index (χ1n) is 11.7. The first-order valence-corrected chi connectivity index (χ1v) is 12.7. The van der Waals surface area contributed by atoms with E-state index in [4.69, 9.17) is 35.6 Å². The summed E-state index contributed by atoms with van der Waals surface area (Å²) in [6, 6.07) is 17.6. The number of nitrogen functional groups attached to an aromatic ring is 4. The van der Waals surface area contributed by atoms with Gasteiger partial charge in [0.15, 0.2) is 0 Å². The van der Waals surface area contributed by atoms with Gasteiger partial charge in [-0.1, -0.05) is 24.3 Å². The van der Waals surface area contributed by atoms with E-state index >= 15 is 0 Å². The van der Waals surface area contributed by atoms with Gasteiger partial charge in [-0.2, -0.15) is 26.3 Å². The van der Waals surface area contributed by atoms with Crippen LogP contribution in [0.1, 0.15) is 23.7 Å². The monoisotopic (exact) mass is 614 g/mol. The third-order valence-electron chi connectivity index (χ3n) is 5.85. The second-order valence-corrected chi connectivity index (χ2v) is 9.36. The minimum Gasteiger partial charge on any atom is -0.399 e. The molecule has 0 unspecified atom stereocenters. The maximum atomic E-state index is 13.0. The van der Waals surface area contributed by atoms with Crippen molar-refractivity contribution in [1.82, 2.24) is 0 Å². The fourth-order valence-electron chi connectivity index (χ4n) is 3.86. The first kappa shape index (κ1) is 33.5. The summed E-state index contributed by atoms with van der Waals surface area (Å²) in [5.41, 5.74) is 24.8. The van der Waals surface area contributed by atoms with Gasteiger partial charge in [-0.3, -0.25) is 0 Å². The average Bonchev–Trinajstić information content (AvgIpc) is 2.85. The van der Waals surface area contributed by atoms with Gasteiger partial charge in [0.2, 0.25) is 0 Å². The Morgan fingerprint density at radius 2 is 1.00 bits per heavy atom. The molecule has 4 rings (SSSR count). The normalized spacial score (nSPS) is 11.0. The molecule has 0 aliphatic rings. The fraction of sp³-hybridized carbons (Fsp3) is 0.143. The summed E-state index contributed by atoms with van der Waals surface area (Å²) in [4.78, 5) is 0. The van der Waals surface area contributed by atoms with Gasteiger partial charge in [0.25, 0.3) is 0 Å². The summed E-state index contributed by atoms with van der Waals surface area (Å²) in [6.07, 6.45) is -8.90. The highest BCUT2D eigenvalue weighted by molar-refractivity contribution is 7.59. The lowest BCUT2D eigenvalue weighted by atomic mass is 9.95. The number of alkyl halides is 6. The second-order valence-electron chi connectivity index (χ2n) is 8.95. The van der Waals surface area contributed by atoms with Gasteiger partial charge in [-0.25, -0.2) is 0 Å². The van der Waals surface area contributed by atoms with Crippen LogP contribution in [0.2, 0.25) is 0 Å². The zero-order valence-corrected chi connectivity index (χ0v) is 23.0. The molecule has 0 heterocycles.